The molecule has 19 heavy (non-hydrogen) atoms. The highest BCUT2D eigenvalue weighted by atomic mass is 32.2. The first-order valence-corrected chi connectivity index (χ1v) is 8.77. The van der Waals surface area contributed by atoms with E-state index >= 15 is 0 Å². The van der Waals surface area contributed by atoms with Crippen LogP contribution in [-0.4, -0.2) is 22.0 Å². The fraction of sp³-hybridized carbons (Fsp3) is 0.500. The molecular weight excluding hydrogens is 287 g/mol. The van der Waals surface area contributed by atoms with Crippen LogP contribution in [0.2, 0.25) is 0 Å². The molecule has 5 nitrogen and oxygen atoms in total. The van der Waals surface area contributed by atoms with E-state index in [2.05, 4.69) is 0 Å². The average Bonchev–Trinajstić information content (AvgIpc) is 2.32. The van der Waals surface area contributed by atoms with E-state index < -0.39 is 23.7 Å². The molecule has 0 aromatic heterocycles. The molecule has 2 unspecified atom stereocenters. The van der Waals surface area contributed by atoms with Gasteiger partial charge in [0.2, 0.25) is 0 Å². The summed E-state index contributed by atoms with van der Waals surface area (Å²) in [5.74, 6) is 0. The van der Waals surface area contributed by atoms with Crippen molar-refractivity contribution < 1.29 is 22.4 Å². The molecule has 0 radical (unpaired) electrons. The molecule has 1 rings (SSSR count). The van der Waals surface area contributed by atoms with Crippen molar-refractivity contribution in [2.75, 3.05) is 13.2 Å². The summed E-state index contributed by atoms with van der Waals surface area (Å²) in [7, 11) is -3.67. The predicted octanol–water partition coefficient (Wildman–Crippen LogP) is 3.48. The Hall–Kier alpha value is -0.520. The van der Waals surface area contributed by atoms with Crippen LogP contribution in [0.4, 0.5) is 0 Å². The third-order valence-electron chi connectivity index (χ3n) is 2.46. The van der Waals surface area contributed by atoms with Gasteiger partial charge in [-0.05, 0) is 26.3 Å². The molecule has 0 spiro atoms. The maximum absolute atomic E-state index is 12.6. The zero-order valence-electron chi connectivity index (χ0n) is 11.2. The van der Waals surface area contributed by atoms with Crippen molar-refractivity contribution in [1.82, 2.24) is 0 Å². The van der Waals surface area contributed by atoms with E-state index in [-0.39, 0.29) is 13.2 Å². The van der Waals surface area contributed by atoms with E-state index in [4.69, 9.17) is 9.05 Å². The van der Waals surface area contributed by atoms with Gasteiger partial charge in [-0.2, -0.15) is 0 Å². The third kappa shape index (κ3) is 4.23. The van der Waals surface area contributed by atoms with Gasteiger partial charge in [0.05, 0.1) is 13.2 Å². The fourth-order valence-corrected chi connectivity index (χ4v) is 4.91. The van der Waals surface area contributed by atoms with Crippen molar-refractivity contribution in [2.24, 2.45) is 0 Å². The van der Waals surface area contributed by atoms with Crippen molar-refractivity contribution in [3.8, 4) is 0 Å². The van der Waals surface area contributed by atoms with Crippen LogP contribution in [0.25, 0.3) is 0 Å². The summed E-state index contributed by atoms with van der Waals surface area (Å²) in [6.07, 6.45) is 0. The molecule has 108 valence electrons. The summed E-state index contributed by atoms with van der Waals surface area (Å²) in [5.41, 5.74) is 1.48. The van der Waals surface area contributed by atoms with Crippen LogP contribution in [0.3, 0.4) is 0 Å². The summed E-state index contributed by atoms with van der Waals surface area (Å²) >= 11 is -2.35. The Labute approximate surface area is 116 Å². The molecule has 0 saturated carbocycles. The largest absolute Gasteiger partial charge is 0.353 e. The molecule has 0 saturated heterocycles. The van der Waals surface area contributed by atoms with Crippen LogP contribution < -0.4 is 0 Å². The lowest BCUT2D eigenvalue weighted by Crippen LogP contribution is -2.11. The van der Waals surface area contributed by atoms with Crippen LogP contribution in [0.1, 0.15) is 30.0 Å². The highest BCUT2D eigenvalue weighted by molar-refractivity contribution is 7.88. The molecule has 7 heteroatoms. The number of rotatable bonds is 7. The van der Waals surface area contributed by atoms with Gasteiger partial charge in [-0.3, -0.25) is 4.57 Å². The number of aryl methyl sites for hydroxylation is 1. The maximum atomic E-state index is 12.6. The van der Waals surface area contributed by atoms with Crippen LogP contribution in [-0.2, 0) is 24.7 Å². The lowest BCUT2D eigenvalue weighted by atomic mass is 10.2. The van der Waals surface area contributed by atoms with Gasteiger partial charge in [-0.15, -0.1) is 0 Å². The molecule has 0 amide bonds. The van der Waals surface area contributed by atoms with E-state index in [9.17, 15) is 13.3 Å². The minimum Gasteiger partial charge on any atom is -0.308 e. The Morgan fingerprint density at radius 1 is 1.21 bits per heavy atom. The van der Waals surface area contributed by atoms with E-state index in [1.54, 1.807) is 38.1 Å². The molecule has 0 aliphatic carbocycles. The Morgan fingerprint density at radius 3 is 2.05 bits per heavy atom. The minimum atomic E-state index is -3.67. The topological polar surface area (TPSA) is 72.8 Å². The van der Waals surface area contributed by atoms with Gasteiger partial charge in [-0.25, -0.2) is 4.21 Å². The molecule has 0 aliphatic rings. The Bertz CT molecular complexity index is 464. The molecule has 1 N–H and O–H groups in total. The highest BCUT2D eigenvalue weighted by Gasteiger charge is 2.41. The first-order valence-electron chi connectivity index (χ1n) is 5.99. The zero-order chi connectivity index (χ0) is 14.5. The Kier molecular flexibility index (Phi) is 6.36. The monoisotopic (exact) mass is 306 g/mol. The molecule has 0 fully saturated rings. The van der Waals surface area contributed by atoms with Crippen molar-refractivity contribution in [3.05, 3.63) is 35.4 Å². The smallest absolute Gasteiger partial charge is 0.308 e. The van der Waals surface area contributed by atoms with E-state index in [1.807, 2.05) is 6.92 Å². The fourth-order valence-electron chi connectivity index (χ4n) is 1.67. The van der Waals surface area contributed by atoms with Crippen molar-refractivity contribution in [3.63, 3.8) is 0 Å². The highest BCUT2D eigenvalue weighted by Crippen LogP contribution is 2.62. The van der Waals surface area contributed by atoms with Crippen LogP contribution in [0.15, 0.2) is 24.3 Å². The first kappa shape index (κ1) is 16.5. The van der Waals surface area contributed by atoms with Gasteiger partial charge >= 0.3 is 7.60 Å². The van der Waals surface area contributed by atoms with Crippen LogP contribution in [0.5, 0.6) is 0 Å². The van der Waals surface area contributed by atoms with Crippen molar-refractivity contribution in [2.45, 2.75) is 25.8 Å². The third-order valence-corrected chi connectivity index (χ3v) is 6.54. The van der Waals surface area contributed by atoms with E-state index in [0.717, 1.165) is 5.56 Å². The number of benzene rings is 1. The lowest BCUT2D eigenvalue weighted by molar-refractivity contribution is 0.217. The average molecular weight is 306 g/mol. The summed E-state index contributed by atoms with van der Waals surface area (Å²) < 4.78 is 44.0. The Balaban J connectivity index is 3.21. The number of hydrogen-bond acceptors (Lipinski definition) is 4. The van der Waals surface area contributed by atoms with E-state index in [1.165, 1.54) is 0 Å². The summed E-state index contributed by atoms with van der Waals surface area (Å²) in [4.78, 5) is -1.19. The van der Waals surface area contributed by atoms with Crippen LogP contribution in [0, 0.1) is 6.92 Å². The number of hydrogen-bond donors (Lipinski definition) is 1. The minimum absolute atomic E-state index is 0.150. The summed E-state index contributed by atoms with van der Waals surface area (Å²) in [6, 6.07) is 6.91. The van der Waals surface area contributed by atoms with Gasteiger partial charge in [0.15, 0.2) is 16.1 Å². The Morgan fingerprint density at radius 2 is 1.68 bits per heavy atom. The van der Waals surface area contributed by atoms with E-state index in [0.29, 0.717) is 5.56 Å². The van der Waals surface area contributed by atoms with Gasteiger partial charge < -0.3 is 13.6 Å². The van der Waals surface area contributed by atoms with Gasteiger partial charge in [0, 0.05) is 0 Å². The quantitative estimate of drug-likeness (QED) is 0.616. The summed E-state index contributed by atoms with van der Waals surface area (Å²) in [6.45, 7) is 5.53. The maximum Gasteiger partial charge on any atom is 0.353 e. The van der Waals surface area contributed by atoms with Crippen molar-refractivity contribution >= 4 is 18.7 Å². The van der Waals surface area contributed by atoms with Crippen molar-refractivity contribution in [1.29, 1.82) is 0 Å². The first-order chi connectivity index (χ1) is 8.94. The van der Waals surface area contributed by atoms with Gasteiger partial charge in [0.25, 0.3) is 0 Å². The zero-order valence-corrected chi connectivity index (χ0v) is 12.9. The molecule has 2 atom stereocenters. The van der Waals surface area contributed by atoms with Crippen LogP contribution >= 0.6 is 7.60 Å². The second-order valence-electron chi connectivity index (χ2n) is 3.91. The molecule has 0 aliphatic heterocycles. The predicted molar refractivity (Wildman–Crippen MR) is 75.5 cm³/mol. The summed E-state index contributed by atoms with van der Waals surface area (Å²) in [5, 5.41) is 0. The lowest BCUT2D eigenvalue weighted by Gasteiger charge is -2.24. The molecule has 0 heterocycles. The SMILES string of the molecule is CCOP(=O)(OCC)C(c1ccc(C)cc1)S(=O)O. The molecule has 0 bridgehead atoms. The molecule has 1 aromatic rings. The molecule has 1 aromatic carbocycles. The second kappa shape index (κ2) is 7.31. The molecular formula is C12H19O5PS. The van der Waals surface area contributed by atoms with Gasteiger partial charge in [0.1, 0.15) is 0 Å². The standard InChI is InChI=1S/C12H19O5PS/c1-4-16-18(13,17-5-2)12(19(14)15)11-8-6-10(3)7-9-11/h6-9,12H,4-5H2,1-3H3,(H,14,15). The van der Waals surface area contributed by atoms with Gasteiger partial charge in [-0.1, -0.05) is 29.8 Å². The second-order valence-corrected chi connectivity index (χ2v) is 7.40. The normalized spacial score (nSPS) is 15.2.